The van der Waals surface area contributed by atoms with Crippen LogP contribution < -0.4 is 4.74 Å². The molecule has 4 heteroatoms. The number of ether oxygens (including phenoxy) is 1. The van der Waals surface area contributed by atoms with Crippen molar-refractivity contribution in [3.05, 3.63) is 65.7 Å². The topological polar surface area (TPSA) is 57.7 Å². The van der Waals surface area contributed by atoms with Crippen molar-refractivity contribution in [2.45, 2.75) is 102 Å². The number of nitriles is 1. The smallest absolute Gasteiger partial charge is 0.119 e. The Hall–Kier alpha value is -2.67. The van der Waals surface area contributed by atoms with Gasteiger partial charge in [-0.15, -0.1) is 0 Å². The summed E-state index contributed by atoms with van der Waals surface area (Å²) in [5, 5.41) is 19.0. The third-order valence-corrected chi connectivity index (χ3v) is 7.07. The molecule has 35 heavy (non-hydrogen) atoms. The summed E-state index contributed by atoms with van der Waals surface area (Å²) in [5.41, 5.74) is 2.01. The molecular formula is C31H45N3O. The molecule has 0 amide bonds. The van der Waals surface area contributed by atoms with Gasteiger partial charge in [-0.2, -0.15) is 15.5 Å². The van der Waals surface area contributed by atoms with Gasteiger partial charge >= 0.3 is 0 Å². The third kappa shape index (κ3) is 10.2. The summed E-state index contributed by atoms with van der Waals surface area (Å²) in [5.74, 6) is 0.892. The zero-order valence-electron chi connectivity index (χ0n) is 22.2. The van der Waals surface area contributed by atoms with Crippen LogP contribution in [0.1, 0.15) is 95.1 Å². The van der Waals surface area contributed by atoms with Crippen LogP contribution in [-0.2, 0) is 11.8 Å². The molecule has 0 aliphatic heterocycles. The lowest BCUT2D eigenvalue weighted by Crippen LogP contribution is -2.25. The number of rotatable bonds is 18. The maximum absolute atomic E-state index is 10.4. The quantitative estimate of drug-likeness (QED) is 0.160. The molecule has 4 nitrogen and oxygen atoms in total. The van der Waals surface area contributed by atoms with Gasteiger partial charge in [0.2, 0.25) is 0 Å². The summed E-state index contributed by atoms with van der Waals surface area (Å²) in [6.07, 6.45) is 14.5. The molecule has 0 saturated carbocycles. The van der Waals surface area contributed by atoms with E-state index in [0.29, 0.717) is 0 Å². The van der Waals surface area contributed by atoms with Crippen molar-refractivity contribution in [3.8, 4) is 11.8 Å². The van der Waals surface area contributed by atoms with Gasteiger partial charge in [0.05, 0.1) is 24.6 Å². The van der Waals surface area contributed by atoms with Crippen LogP contribution in [0.5, 0.6) is 5.75 Å². The number of unbranched alkanes of at least 4 members (excludes halogenated alkanes) is 6. The lowest BCUT2D eigenvalue weighted by molar-refractivity contribution is 0.400. The molecule has 190 valence electrons. The highest BCUT2D eigenvalue weighted by Crippen LogP contribution is 2.35. The molecule has 2 unspecified atom stereocenters. The van der Waals surface area contributed by atoms with Crippen LogP contribution in [0.15, 0.2) is 64.8 Å². The molecule has 0 aliphatic carbocycles. The first-order valence-electron chi connectivity index (χ1n) is 13.6. The highest BCUT2D eigenvalue weighted by Gasteiger charge is 2.31. The monoisotopic (exact) mass is 475 g/mol. The largest absolute Gasteiger partial charge is 0.497 e. The first-order chi connectivity index (χ1) is 17.2. The molecular weight excluding hydrogens is 430 g/mol. The Balaban J connectivity index is 1.95. The molecule has 0 fully saturated rings. The van der Waals surface area contributed by atoms with E-state index in [1.807, 2.05) is 18.2 Å². The zero-order valence-corrected chi connectivity index (χ0v) is 22.2. The van der Waals surface area contributed by atoms with Crippen LogP contribution >= 0.6 is 0 Å². The van der Waals surface area contributed by atoms with E-state index in [1.54, 1.807) is 14.2 Å². The van der Waals surface area contributed by atoms with Crippen molar-refractivity contribution in [2.24, 2.45) is 10.2 Å². The molecule has 0 aromatic heterocycles. The molecule has 2 atom stereocenters. The summed E-state index contributed by atoms with van der Waals surface area (Å²) in [6.45, 7) is 2.26. The normalized spacial score (nSPS) is 13.9. The van der Waals surface area contributed by atoms with Gasteiger partial charge in [-0.05, 0) is 61.8 Å². The molecule has 2 aromatic rings. The molecule has 0 N–H and O–H groups in total. The first kappa shape index (κ1) is 28.6. The fraction of sp³-hybridized carbons (Fsp3) is 0.581. The Labute approximate surface area is 213 Å². The Bertz CT molecular complexity index is 890. The van der Waals surface area contributed by atoms with Gasteiger partial charge in [0, 0.05) is 7.05 Å². The second-order valence-corrected chi connectivity index (χ2v) is 9.68. The average Bonchev–Trinajstić information content (AvgIpc) is 2.90. The van der Waals surface area contributed by atoms with E-state index in [2.05, 4.69) is 59.6 Å². The van der Waals surface area contributed by atoms with Crippen LogP contribution in [0, 0.1) is 11.3 Å². The molecule has 0 radical (unpaired) electrons. The Morgan fingerprint density at radius 2 is 1.60 bits per heavy atom. The predicted molar refractivity (Wildman–Crippen MR) is 146 cm³/mol. The Morgan fingerprint density at radius 3 is 2.29 bits per heavy atom. The van der Waals surface area contributed by atoms with Crippen LogP contribution in [0.25, 0.3) is 0 Å². The van der Waals surface area contributed by atoms with Crippen LogP contribution in [0.2, 0.25) is 0 Å². The SMILES string of the molecule is CCCCCCCCCC(C#N)(CCCC(CCc1cccc(OC)c1)/N=N/C)c1ccccc1. The van der Waals surface area contributed by atoms with Gasteiger partial charge in [-0.3, -0.25) is 0 Å². The summed E-state index contributed by atoms with van der Waals surface area (Å²) < 4.78 is 5.36. The van der Waals surface area contributed by atoms with E-state index >= 15 is 0 Å². The van der Waals surface area contributed by atoms with Crippen LogP contribution in [0.3, 0.4) is 0 Å². The number of aryl methyl sites for hydroxylation is 1. The summed E-state index contributed by atoms with van der Waals surface area (Å²) in [7, 11) is 3.45. The minimum atomic E-state index is -0.411. The second-order valence-electron chi connectivity index (χ2n) is 9.68. The molecule has 0 aliphatic rings. The summed E-state index contributed by atoms with van der Waals surface area (Å²) >= 11 is 0. The van der Waals surface area contributed by atoms with E-state index in [4.69, 9.17) is 4.74 Å². The molecule has 2 rings (SSSR count). The lowest BCUT2D eigenvalue weighted by Gasteiger charge is -2.28. The van der Waals surface area contributed by atoms with E-state index in [1.165, 1.54) is 49.7 Å². The number of methoxy groups -OCH3 is 1. The Morgan fingerprint density at radius 1 is 0.886 bits per heavy atom. The second kappa shape index (κ2) is 16.9. The molecule has 0 heterocycles. The fourth-order valence-corrected chi connectivity index (χ4v) is 4.95. The van der Waals surface area contributed by atoms with Crippen molar-refractivity contribution in [3.63, 3.8) is 0 Å². The minimum absolute atomic E-state index is 0.178. The molecule has 2 aromatic carbocycles. The van der Waals surface area contributed by atoms with Crippen molar-refractivity contribution in [2.75, 3.05) is 14.2 Å². The van der Waals surface area contributed by atoms with Crippen molar-refractivity contribution in [1.29, 1.82) is 5.26 Å². The molecule has 0 saturated heterocycles. The van der Waals surface area contributed by atoms with Gasteiger partial charge in [-0.1, -0.05) is 94.3 Å². The minimum Gasteiger partial charge on any atom is -0.497 e. The van der Waals surface area contributed by atoms with Gasteiger partial charge in [0.25, 0.3) is 0 Å². The zero-order chi connectivity index (χ0) is 25.2. The van der Waals surface area contributed by atoms with Crippen LogP contribution in [0.4, 0.5) is 0 Å². The van der Waals surface area contributed by atoms with E-state index in [9.17, 15) is 5.26 Å². The van der Waals surface area contributed by atoms with Crippen LogP contribution in [-0.4, -0.2) is 20.2 Å². The number of benzene rings is 2. The van der Waals surface area contributed by atoms with Crippen molar-refractivity contribution in [1.82, 2.24) is 0 Å². The van der Waals surface area contributed by atoms with E-state index < -0.39 is 5.41 Å². The van der Waals surface area contributed by atoms with Crippen molar-refractivity contribution >= 4 is 0 Å². The predicted octanol–water partition coefficient (Wildman–Crippen LogP) is 8.85. The van der Waals surface area contributed by atoms with Gasteiger partial charge in [0.15, 0.2) is 0 Å². The number of azo groups is 1. The average molecular weight is 476 g/mol. The number of hydrogen-bond acceptors (Lipinski definition) is 4. The van der Waals surface area contributed by atoms with Gasteiger partial charge in [-0.25, -0.2) is 0 Å². The number of hydrogen-bond donors (Lipinski definition) is 0. The van der Waals surface area contributed by atoms with Crippen molar-refractivity contribution < 1.29 is 4.74 Å². The maximum Gasteiger partial charge on any atom is 0.119 e. The summed E-state index contributed by atoms with van der Waals surface area (Å²) in [6, 6.07) is 21.6. The Kier molecular flexibility index (Phi) is 13.8. The summed E-state index contributed by atoms with van der Waals surface area (Å²) in [4.78, 5) is 0. The fourth-order valence-electron chi connectivity index (χ4n) is 4.95. The van der Waals surface area contributed by atoms with Gasteiger partial charge < -0.3 is 4.74 Å². The molecule has 0 spiro atoms. The standard InChI is InChI=1S/C31H45N3O/c1-4-5-6-7-8-9-13-23-31(26-32,28-17-11-10-12-18-28)24-15-19-29(34-33-2)22-21-27-16-14-20-30(25-27)35-3/h10-12,14,16-18,20,25,29H,4-9,13,15,19,21-24H2,1-3H3/b34-33+. The molecule has 0 bridgehead atoms. The third-order valence-electron chi connectivity index (χ3n) is 7.07. The highest BCUT2D eigenvalue weighted by atomic mass is 16.5. The lowest BCUT2D eigenvalue weighted by atomic mass is 9.73. The highest BCUT2D eigenvalue weighted by molar-refractivity contribution is 5.32. The maximum atomic E-state index is 10.4. The number of nitrogens with zero attached hydrogens (tertiary/aromatic N) is 3. The van der Waals surface area contributed by atoms with Gasteiger partial charge in [0.1, 0.15) is 5.75 Å². The van der Waals surface area contributed by atoms with E-state index in [-0.39, 0.29) is 6.04 Å². The first-order valence-corrected chi connectivity index (χ1v) is 13.6. The van der Waals surface area contributed by atoms with E-state index in [0.717, 1.165) is 50.7 Å².